The first-order valence-electron chi connectivity index (χ1n) is 7.21. The van der Waals surface area contributed by atoms with E-state index in [-0.39, 0.29) is 0 Å². The summed E-state index contributed by atoms with van der Waals surface area (Å²) in [5.74, 6) is 1.44. The Morgan fingerprint density at radius 2 is 2.00 bits per heavy atom. The van der Waals surface area contributed by atoms with Crippen molar-refractivity contribution in [2.75, 3.05) is 7.11 Å². The zero-order valence-corrected chi connectivity index (χ0v) is 15.6. The molecule has 0 amide bonds. The van der Waals surface area contributed by atoms with Crippen molar-refractivity contribution in [1.29, 1.82) is 0 Å². The van der Waals surface area contributed by atoms with E-state index < -0.39 is 0 Å². The molecule has 1 N–H and O–H groups in total. The number of benzene rings is 2. The van der Waals surface area contributed by atoms with Crippen LogP contribution in [0.25, 0.3) is 11.4 Å². The largest absolute Gasteiger partial charge is 0.496 e. The minimum Gasteiger partial charge on any atom is -0.496 e. The van der Waals surface area contributed by atoms with Gasteiger partial charge in [-0.25, -0.2) is 5.10 Å². The van der Waals surface area contributed by atoms with Crippen molar-refractivity contribution in [3.05, 3.63) is 62.8 Å². The highest BCUT2D eigenvalue weighted by Gasteiger charge is 2.08. The molecule has 2 aromatic carbocycles. The van der Waals surface area contributed by atoms with Gasteiger partial charge in [-0.05, 0) is 58.8 Å². The van der Waals surface area contributed by atoms with Crippen molar-refractivity contribution in [2.24, 2.45) is 5.10 Å². The van der Waals surface area contributed by atoms with Crippen LogP contribution < -0.4 is 4.74 Å². The molecule has 0 unspecified atom stereocenters. The van der Waals surface area contributed by atoms with Gasteiger partial charge >= 0.3 is 0 Å². The van der Waals surface area contributed by atoms with Crippen LogP contribution in [0.3, 0.4) is 0 Å². The number of methoxy groups -OCH3 is 1. The molecule has 0 aliphatic rings. The molecule has 122 valence electrons. The fourth-order valence-electron chi connectivity index (χ4n) is 2.18. The molecule has 3 rings (SSSR count). The van der Waals surface area contributed by atoms with Crippen LogP contribution in [0.4, 0.5) is 0 Å². The minimum absolute atomic E-state index is 0.439. The SMILES string of the molecule is COc1ccc(/C=N\n2c(-c3ccc(C)cc3)n[nH]c2=S)cc1Br. The Kier molecular flexibility index (Phi) is 4.92. The molecule has 0 fully saturated rings. The fraction of sp³-hybridized carbons (Fsp3) is 0.118. The van der Waals surface area contributed by atoms with Gasteiger partial charge in [0, 0.05) is 5.56 Å². The van der Waals surface area contributed by atoms with Gasteiger partial charge < -0.3 is 4.74 Å². The van der Waals surface area contributed by atoms with E-state index in [0.29, 0.717) is 10.6 Å². The summed E-state index contributed by atoms with van der Waals surface area (Å²) in [6, 6.07) is 13.8. The number of nitrogens with one attached hydrogen (secondary N) is 1. The normalized spacial score (nSPS) is 11.1. The maximum Gasteiger partial charge on any atom is 0.216 e. The van der Waals surface area contributed by atoms with E-state index in [0.717, 1.165) is 21.3 Å². The molecule has 24 heavy (non-hydrogen) atoms. The molecular weight excluding hydrogens is 388 g/mol. The minimum atomic E-state index is 0.439. The van der Waals surface area contributed by atoms with Crippen molar-refractivity contribution >= 4 is 34.4 Å². The molecule has 1 aromatic heterocycles. The highest BCUT2D eigenvalue weighted by atomic mass is 79.9. The average molecular weight is 403 g/mol. The molecule has 0 spiro atoms. The smallest absolute Gasteiger partial charge is 0.216 e. The molecule has 1 heterocycles. The van der Waals surface area contributed by atoms with E-state index >= 15 is 0 Å². The summed E-state index contributed by atoms with van der Waals surface area (Å²) in [6.45, 7) is 2.04. The zero-order chi connectivity index (χ0) is 17.1. The first-order chi connectivity index (χ1) is 11.6. The van der Waals surface area contributed by atoms with Crippen LogP contribution in [0.5, 0.6) is 5.75 Å². The van der Waals surface area contributed by atoms with E-state index in [1.54, 1.807) is 18.0 Å². The lowest BCUT2D eigenvalue weighted by molar-refractivity contribution is 0.412. The molecule has 0 atom stereocenters. The topological polar surface area (TPSA) is 55.2 Å². The summed E-state index contributed by atoms with van der Waals surface area (Å²) < 4.78 is 8.14. The molecule has 0 aliphatic heterocycles. The van der Waals surface area contributed by atoms with Gasteiger partial charge in [-0.3, -0.25) is 0 Å². The van der Waals surface area contributed by atoms with Gasteiger partial charge in [0.2, 0.25) is 4.77 Å². The molecule has 0 radical (unpaired) electrons. The van der Waals surface area contributed by atoms with Crippen LogP contribution in [0.2, 0.25) is 0 Å². The summed E-state index contributed by atoms with van der Waals surface area (Å²) in [4.78, 5) is 0. The Morgan fingerprint density at radius 3 is 2.67 bits per heavy atom. The number of halogens is 1. The number of rotatable bonds is 4. The van der Waals surface area contributed by atoms with Gasteiger partial charge in [-0.1, -0.05) is 29.8 Å². The van der Waals surface area contributed by atoms with Crippen LogP contribution in [0.1, 0.15) is 11.1 Å². The first-order valence-corrected chi connectivity index (χ1v) is 8.41. The second kappa shape index (κ2) is 7.11. The maximum atomic E-state index is 5.28. The van der Waals surface area contributed by atoms with Gasteiger partial charge in [-0.15, -0.1) is 0 Å². The lowest BCUT2D eigenvalue weighted by atomic mass is 10.1. The number of H-pyrrole nitrogens is 1. The van der Waals surface area contributed by atoms with Gasteiger partial charge in [0.25, 0.3) is 0 Å². The van der Waals surface area contributed by atoms with E-state index in [2.05, 4.69) is 31.2 Å². The highest BCUT2D eigenvalue weighted by molar-refractivity contribution is 9.10. The number of hydrogen-bond acceptors (Lipinski definition) is 4. The number of aromatic amines is 1. The van der Waals surface area contributed by atoms with Crippen molar-refractivity contribution in [2.45, 2.75) is 6.92 Å². The molecule has 7 heteroatoms. The van der Waals surface area contributed by atoms with Gasteiger partial charge in [-0.2, -0.15) is 14.9 Å². The zero-order valence-electron chi connectivity index (χ0n) is 13.2. The van der Waals surface area contributed by atoms with Crippen LogP contribution in [-0.2, 0) is 0 Å². The average Bonchev–Trinajstić information content (AvgIpc) is 2.94. The van der Waals surface area contributed by atoms with Crippen LogP contribution in [-0.4, -0.2) is 28.2 Å². The predicted molar refractivity (Wildman–Crippen MR) is 101 cm³/mol. The van der Waals surface area contributed by atoms with Crippen molar-refractivity contribution < 1.29 is 4.74 Å². The van der Waals surface area contributed by atoms with Crippen molar-refractivity contribution in [3.8, 4) is 17.1 Å². The third-order valence-corrected chi connectivity index (χ3v) is 4.34. The number of aryl methyl sites for hydroxylation is 1. The van der Waals surface area contributed by atoms with Gasteiger partial charge in [0.15, 0.2) is 5.82 Å². The molecule has 0 saturated carbocycles. The quantitative estimate of drug-likeness (QED) is 0.513. The third kappa shape index (κ3) is 3.47. The lowest BCUT2D eigenvalue weighted by Gasteiger charge is -2.04. The molecule has 5 nitrogen and oxygen atoms in total. The Bertz CT molecular complexity index is 944. The maximum absolute atomic E-state index is 5.28. The predicted octanol–water partition coefficient (Wildman–Crippen LogP) is 4.57. The van der Waals surface area contributed by atoms with Crippen molar-refractivity contribution in [3.63, 3.8) is 0 Å². The Morgan fingerprint density at radius 1 is 1.25 bits per heavy atom. The van der Waals surface area contributed by atoms with Crippen LogP contribution >= 0.6 is 28.1 Å². The molecule has 0 bridgehead atoms. The Labute approximate surface area is 153 Å². The van der Waals surface area contributed by atoms with Gasteiger partial charge in [0.05, 0.1) is 17.8 Å². The second-order valence-corrected chi connectivity index (χ2v) is 6.41. The number of nitrogens with zero attached hydrogens (tertiary/aromatic N) is 3. The van der Waals surface area contributed by atoms with E-state index in [4.69, 9.17) is 17.0 Å². The van der Waals surface area contributed by atoms with Crippen LogP contribution in [0, 0.1) is 11.7 Å². The monoisotopic (exact) mass is 402 g/mol. The van der Waals surface area contributed by atoms with E-state index in [1.165, 1.54) is 5.56 Å². The second-order valence-electron chi connectivity index (χ2n) is 5.17. The van der Waals surface area contributed by atoms with Crippen LogP contribution in [0.15, 0.2) is 52.0 Å². The number of ether oxygens (including phenoxy) is 1. The Hall–Kier alpha value is -2.25. The highest BCUT2D eigenvalue weighted by Crippen LogP contribution is 2.25. The number of aromatic nitrogens is 3. The summed E-state index contributed by atoms with van der Waals surface area (Å²) in [5, 5.41) is 11.5. The number of hydrogen-bond donors (Lipinski definition) is 1. The van der Waals surface area contributed by atoms with E-state index in [1.807, 2.05) is 49.4 Å². The molecular formula is C17H15BrN4OS. The summed E-state index contributed by atoms with van der Waals surface area (Å²) >= 11 is 8.75. The summed E-state index contributed by atoms with van der Waals surface area (Å²) in [5.41, 5.74) is 3.05. The van der Waals surface area contributed by atoms with E-state index in [9.17, 15) is 0 Å². The molecule has 0 aliphatic carbocycles. The van der Waals surface area contributed by atoms with Gasteiger partial charge in [0.1, 0.15) is 5.75 Å². The first kappa shape index (κ1) is 16.6. The molecule has 3 aromatic rings. The third-order valence-electron chi connectivity index (χ3n) is 3.46. The Balaban J connectivity index is 1.96. The standard InChI is InChI=1S/C17H15BrN4OS/c1-11-3-6-13(7-4-11)16-20-21-17(24)22(16)19-10-12-5-8-15(23-2)14(18)9-12/h3-10H,1-2H3,(H,21,24)/b19-10-. The summed E-state index contributed by atoms with van der Waals surface area (Å²) in [6.07, 6.45) is 1.73. The van der Waals surface area contributed by atoms with Crippen molar-refractivity contribution in [1.82, 2.24) is 14.9 Å². The molecule has 0 saturated heterocycles. The summed E-state index contributed by atoms with van der Waals surface area (Å²) in [7, 11) is 1.63. The fourth-order valence-corrected chi connectivity index (χ4v) is 2.91. The lowest BCUT2D eigenvalue weighted by Crippen LogP contribution is -1.95.